The molecule has 2 aromatic carbocycles. The molecule has 1 N–H and O–H groups in total. The SMILES string of the molecule is CCOc1cc(/C=C2/SC(=S)N([C@H](CC)C(=O)O)C2=O)ccc1OCc1ccccc1Cl. The smallest absolute Gasteiger partial charge is 0.326 e. The fraction of sp³-hybridized carbons (Fsp3) is 0.261. The van der Waals surface area contributed by atoms with Crippen LogP contribution in [0.3, 0.4) is 0 Å². The molecule has 1 fully saturated rings. The second kappa shape index (κ2) is 10.8. The minimum atomic E-state index is -1.08. The molecule has 1 amide bonds. The van der Waals surface area contributed by atoms with Crippen molar-refractivity contribution in [3.63, 3.8) is 0 Å². The Morgan fingerprint density at radius 3 is 2.62 bits per heavy atom. The number of ether oxygens (including phenoxy) is 2. The number of thioether (sulfide) groups is 1. The summed E-state index contributed by atoms with van der Waals surface area (Å²) in [5.74, 6) is -0.413. The minimum Gasteiger partial charge on any atom is -0.490 e. The van der Waals surface area contributed by atoms with E-state index in [9.17, 15) is 14.7 Å². The fourth-order valence-corrected chi connectivity index (χ4v) is 4.69. The predicted molar refractivity (Wildman–Crippen MR) is 130 cm³/mol. The molecule has 9 heteroatoms. The maximum absolute atomic E-state index is 12.8. The molecular formula is C23H22ClNO5S2. The number of hydrogen-bond acceptors (Lipinski definition) is 6. The monoisotopic (exact) mass is 491 g/mol. The molecule has 0 spiro atoms. The van der Waals surface area contributed by atoms with Crippen molar-refractivity contribution in [1.82, 2.24) is 4.90 Å². The Labute approximate surface area is 201 Å². The molecule has 6 nitrogen and oxygen atoms in total. The molecule has 0 radical (unpaired) electrons. The molecule has 1 aliphatic heterocycles. The molecule has 1 saturated heterocycles. The minimum absolute atomic E-state index is 0.236. The van der Waals surface area contributed by atoms with E-state index in [0.717, 1.165) is 17.3 Å². The average Bonchev–Trinajstić information content (AvgIpc) is 3.02. The number of carboxylic acids is 1. The first-order valence-electron chi connectivity index (χ1n) is 9.98. The molecule has 0 aliphatic carbocycles. The third-order valence-corrected chi connectivity index (χ3v) is 6.41. The van der Waals surface area contributed by atoms with Crippen LogP contribution in [0.1, 0.15) is 31.4 Å². The number of thiocarbonyl (C=S) groups is 1. The summed E-state index contributed by atoms with van der Waals surface area (Å²) in [7, 11) is 0. The average molecular weight is 492 g/mol. The molecule has 1 atom stereocenters. The van der Waals surface area contributed by atoms with E-state index >= 15 is 0 Å². The number of carbonyl (C=O) groups is 2. The van der Waals surface area contributed by atoms with Gasteiger partial charge in [0.05, 0.1) is 11.5 Å². The molecule has 3 rings (SSSR count). The number of carboxylic acid groups (broad SMARTS) is 1. The normalized spacial score (nSPS) is 15.8. The number of hydrogen-bond donors (Lipinski definition) is 1. The third kappa shape index (κ3) is 5.43. The van der Waals surface area contributed by atoms with Gasteiger partial charge in [-0.25, -0.2) is 4.79 Å². The van der Waals surface area contributed by atoms with Gasteiger partial charge in [0.1, 0.15) is 17.0 Å². The zero-order valence-electron chi connectivity index (χ0n) is 17.5. The highest BCUT2D eigenvalue weighted by Crippen LogP contribution is 2.36. The first kappa shape index (κ1) is 24.1. The Bertz CT molecular complexity index is 1070. The number of nitrogens with zero attached hydrogens (tertiary/aromatic N) is 1. The first-order chi connectivity index (χ1) is 15.3. The van der Waals surface area contributed by atoms with Crippen molar-refractivity contribution < 1.29 is 24.2 Å². The first-order valence-corrected chi connectivity index (χ1v) is 11.6. The molecule has 0 aromatic heterocycles. The Morgan fingerprint density at radius 1 is 1.22 bits per heavy atom. The van der Waals surface area contributed by atoms with Gasteiger partial charge in [0.2, 0.25) is 0 Å². The van der Waals surface area contributed by atoms with Gasteiger partial charge in [-0.2, -0.15) is 0 Å². The van der Waals surface area contributed by atoms with E-state index in [0.29, 0.717) is 33.6 Å². The fourth-order valence-electron chi connectivity index (χ4n) is 3.14. The van der Waals surface area contributed by atoms with Gasteiger partial charge >= 0.3 is 5.97 Å². The molecule has 1 aliphatic rings. The molecule has 2 aromatic rings. The van der Waals surface area contributed by atoms with Crippen molar-refractivity contribution in [2.45, 2.75) is 32.9 Å². The van der Waals surface area contributed by atoms with Gasteiger partial charge in [0, 0.05) is 10.6 Å². The lowest BCUT2D eigenvalue weighted by Crippen LogP contribution is -2.43. The number of benzene rings is 2. The van der Waals surface area contributed by atoms with Crippen molar-refractivity contribution in [3.05, 3.63) is 63.5 Å². The van der Waals surface area contributed by atoms with E-state index in [1.54, 1.807) is 37.3 Å². The van der Waals surface area contributed by atoms with E-state index in [-0.39, 0.29) is 17.3 Å². The van der Waals surface area contributed by atoms with Crippen molar-refractivity contribution in [2.75, 3.05) is 6.61 Å². The topological polar surface area (TPSA) is 76.1 Å². The summed E-state index contributed by atoms with van der Waals surface area (Å²) >= 11 is 12.5. The lowest BCUT2D eigenvalue weighted by atomic mass is 10.1. The highest BCUT2D eigenvalue weighted by Gasteiger charge is 2.39. The van der Waals surface area contributed by atoms with Crippen LogP contribution >= 0.6 is 35.6 Å². The Hall–Kier alpha value is -2.55. The van der Waals surface area contributed by atoms with Crippen molar-refractivity contribution in [1.29, 1.82) is 0 Å². The molecule has 0 bridgehead atoms. The van der Waals surface area contributed by atoms with E-state index in [1.165, 1.54) is 4.90 Å². The maximum Gasteiger partial charge on any atom is 0.326 e. The summed E-state index contributed by atoms with van der Waals surface area (Å²) in [6.45, 7) is 4.29. The van der Waals surface area contributed by atoms with Crippen molar-refractivity contribution in [2.24, 2.45) is 0 Å². The largest absolute Gasteiger partial charge is 0.490 e. The summed E-state index contributed by atoms with van der Waals surface area (Å²) in [5, 5.41) is 10.0. The maximum atomic E-state index is 12.8. The quantitative estimate of drug-likeness (QED) is 0.372. The van der Waals surface area contributed by atoms with E-state index in [2.05, 4.69) is 0 Å². The van der Waals surface area contributed by atoms with Crippen LogP contribution in [0.25, 0.3) is 6.08 Å². The number of carbonyl (C=O) groups excluding carboxylic acids is 1. The Balaban J connectivity index is 1.83. The van der Waals surface area contributed by atoms with Crippen LogP contribution in [-0.4, -0.2) is 38.9 Å². The standard InChI is InChI=1S/C23H22ClNO5S2/c1-3-17(22(27)28)25-21(26)20(32-23(25)31)12-14-9-10-18(19(11-14)29-4-2)30-13-15-7-5-6-8-16(15)24/h5-12,17H,3-4,13H2,1-2H3,(H,27,28)/b20-12+/t17-/m1/s1. The summed E-state index contributed by atoms with van der Waals surface area (Å²) in [5.41, 5.74) is 1.57. The van der Waals surface area contributed by atoms with E-state index in [1.807, 2.05) is 25.1 Å². The molecular weight excluding hydrogens is 470 g/mol. The lowest BCUT2D eigenvalue weighted by Gasteiger charge is -2.21. The number of halogens is 1. The number of aliphatic carboxylic acids is 1. The summed E-state index contributed by atoms with van der Waals surface area (Å²) in [6, 6.07) is 11.8. The summed E-state index contributed by atoms with van der Waals surface area (Å²) in [6.07, 6.45) is 1.94. The predicted octanol–water partition coefficient (Wildman–Crippen LogP) is 5.38. The Kier molecular flexibility index (Phi) is 8.17. The van der Waals surface area contributed by atoms with Gasteiger partial charge in [-0.1, -0.05) is 66.8 Å². The zero-order valence-corrected chi connectivity index (χ0v) is 19.9. The second-order valence-electron chi connectivity index (χ2n) is 6.83. The van der Waals surface area contributed by atoms with Gasteiger partial charge < -0.3 is 14.6 Å². The van der Waals surface area contributed by atoms with Crippen LogP contribution < -0.4 is 9.47 Å². The summed E-state index contributed by atoms with van der Waals surface area (Å²) in [4.78, 5) is 25.8. The Morgan fingerprint density at radius 2 is 1.97 bits per heavy atom. The van der Waals surface area contributed by atoms with Gasteiger partial charge in [-0.3, -0.25) is 9.69 Å². The van der Waals surface area contributed by atoms with E-state index in [4.69, 9.17) is 33.3 Å². The third-order valence-electron chi connectivity index (χ3n) is 4.71. The molecule has 168 valence electrons. The molecule has 32 heavy (non-hydrogen) atoms. The van der Waals surface area contributed by atoms with Gasteiger partial charge in [-0.05, 0) is 43.2 Å². The van der Waals surface area contributed by atoms with E-state index < -0.39 is 17.9 Å². The highest BCUT2D eigenvalue weighted by molar-refractivity contribution is 8.26. The number of amides is 1. The van der Waals surface area contributed by atoms with Crippen LogP contribution in [0, 0.1) is 0 Å². The lowest BCUT2D eigenvalue weighted by molar-refractivity contribution is -0.145. The second-order valence-corrected chi connectivity index (χ2v) is 8.92. The van der Waals surface area contributed by atoms with Crippen LogP contribution in [-0.2, 0) is 16.2 Å². The van der Waals surface area contributed by atoms with Crippen molar-refractivity contribution >= 4 is 57.9 Å². The molecule has 1 heterocycles. The number of rotatable bonds is 9. The van der Waals surface area contributed by atoms with Gasteiger partial charge in [0.25, 0.3) is 5.91 Å². The molecule has 0 unspecified atom stereocenters. The zero-order chi connectivity index (χ0) is 23.3. The van der Waals surface area contributed by atoms with Gasteiger partial charge in [-0.15, -0.1) is 0 Å². The molecule has 0 saturated carbocycles. The van der Waals surface area contributed by atoms with Crippen LogP contribution in [0.5, 0.6) is 11.5 Å². The highest BCUT2D eigenvalue weighted by atomic mass is 35.5. The van der Waals surface area contributed by atoms with Gasteiger partial charge in [0.15, 0.2) is 11.5 Å². The summed E-state index contributed by atoms with van der Waals surface area (Å²) < 4.78 is 11.9. The van der Waals surface area contributed by atoms with Crippen molar-refractivity contribution in [3.8, 4) is 11.5 Å². The van der Waals surface area contributed by atoms with Crippen LogP contribution in [0.4, 0.5) is 0 Å². The van der Waals surface area contributed by atoms with Crippen LogP contribution in [0.15, 0.2) is 47.4 Å². The van der Waals surface area contributed by atoms with Crippen LogP contribution in [0.2, 0.25) is 5.02 Å².